The molecule has 0 aliphatic rings. The topological polar surface area (TPSA) is 79.7 Å². The number of aromatic nitrogens is 2. The monoisotopic (exact) mass is 336 g/mol. The largest absolute Gasteiger partial charge is 0.491 e. The Hall–Kier alpha value is -2.90. The Labute approximate surface area is 137 Å². The Kier molecular flexibility index (Phi) is 5.51. The summed E-state index contributed by atoms with van der Waals surface area (Å²) in [5.41, 5.74) is -0.799. The van der Waals surface area contributed by atoms with Crippen molar-refractivity contribution in [3.8, 4) is 17.2 Å². The van der Waals surface area contributed by atoms with E-state index in [9.17, 15) is 14.0 Å². The first kappa shape index (κ1) is 17.5. The molecule has 1 heterocycles. The van der Waals surface area contributed by atoms with Crippen LogP contribution in [0.2, 0.25) is 0 Å². The van der Waals surface area contributed by atoms with Crippen molar-refractivity contribution in [1.29, 1.82) is 0 Å². The third-order valence-electron chi connectivity index (χ3n) is 3.17. The molecule has 1 aromatic heterocycles. The molecule has 1 unspecified atom stereocenters. The summed E-state index contributed by atoms with van der Waals surface area (Å²) in [5, 5.41) is 3.96. The maximum absolute atomic E-state index is 13.6. The van der Waals surface area contributed by atoms with E-state index in [4.69, 9.17) is 9.47 Å². The van der Waals surface area contributed by atoms with E-state index in [1.165, 1.54) is 18.0 Å². The second-order valence-electron chi connectivity index (χ2n) is 4.72. The summed E-state index contributed by atoms with van der Waals surface area (Å²) in [6.45, 7) is 1.64. The molecule has 0 saturated carbocycles. The molecule has 2 aromatic rings. The van der Waals surface area contributed by atoms with Gasteiger partial charge in [0.1, 0.15) is 11.4 Å². The normalized spacial score (nSPS) is 11.7. The average Bonchev–Trinajstić information content (AvgIpc) is 2.61. The first-order valence-electron chi connectivity index (χ1n) is 7.18. The lowest BCUT2D eigenvalue weighted by atomic mass is 10.3. The summed E-state index contributed by atoms with van der Waals surface area (Å²) in [6.07, 6.45) is -0.0359. The summed E-state index contributed by atoms with van der Waals surface area (Å²) in [6, 6.07) is 6.52. The van der Waals surface area contributed by atoms with E-state index in [2.05, 4.69) is 9.84 Å². The lowest BCUT2D eigenvalue weighted by molar-refractivity contribution is 0.0586. The lowest BCUT2D eigenvalue weighted by Gasteiger charge is -2.15. The fourth-order valence-corrected chi connectivity index (χ4v) is 1.93. The Balaban J connectivity index is 2.61. The fraction of sp³-hybridized carbons (Fsp3) is 0.312. The van der Waals surface area contributed by atoms with Gasteiger partial charge in [-0.2, -0.15) is 5.10 Å². The van der Waals surface area contributed by atoms with Gasteiger partial charge in [-0.05, 0) is 12.1 Å². The van der Waals surface area contributed by atoms with Crippen molar-refractivity contribution in [2.24, 2.45) is 0 Å². The number of para-hydroxylation sites is 2. The van der Waals surface area contributed by atoms with Crippen molar-refractivity contribution in [2.45, 2.75) is 19.7 Å². The van der Waals surface area contributed by atoms with Crippen molar-refractivity contribution in [3.63, 3.8) is 0 Å². The molecular weight excluding hydrogens is 319 g/mol. The van der Waals surface area contributed by atoms with Gasteiger partial charge in [0.2, 0.25) is 12.1 Å². The number of alkyl halides is 1. The Bertz CT molecular complexity index is 790. The van der Waals surface area contributed by atoms with Crippen LogP contribution in [-0.2, 0) is 4.74 Å². The number of ether oxygens (including phenoxy) is 3. The minimum absolute atomic E-state index is 0.104. The van der Waals surface area contributed by atoms with Gasteiger partial charge in [0.15, 0.2) is 5.75 Å². The van der Waals surface area contributed by atoms with Crippen molar-refractivity contribution in [3.05, 3.63) is 46.4 Å². The predicted octanol–water partition coefficient (Wildman–Crippen LogP) is 2.11. The molecule has 0 amide bonds. The van der Waals surface area contributed by atoms with Crippen LogP contribution in [0.1, 0.15) is 23.8 Å². The number of esters is 1. The van der Waals surface area contributed by atoms with Crippen LogP contribution in [0.15, 0.2) is 35.3 Å². The van der Waals surface area contributed by atoms with E-state index >= 15 is 0 Å². The van der Waals surface area contributed by atoms with Crippen LogP contribution in [-0.4, -0.2) is 36.3 Å². The van der Waals surface area contributed by atoms with Gasteiger partial charge >= 0.3 is 5.97 Å². The van der Waals surface area contributed by atoms with E-state index in [0.717, 1.165) is 7.11 Å². The molecular formula is C16H17FN2O5. The zero-order chi connectivity index (χ0) is 17.7. The van der Waals surface area contributed by atoms with E-state index in [1.54, 1.807) is 31.2 Å². The Morgan fingerprint density at radius 2 is 2.00 bits per heavy atom. The number of hydrogen-bond acceptors (Lipinski definition) is 6. The molecule has 0 aliphatic carbocycles. The molecule has 0 saturated heterocycles. The highest BCUT2D eigenvalue weighted by Gasteiger charge is 2.20. The zero-order valence-electron chi connectivity index (χ0n) is 13.5. The zero-order valence-corrected chi connectivity index (χ0v) is 13.5. The molecule has 8 heteroatoms. The lowest BCUT2D eigenvalue weighted by Crippen LogP contribution is -2.24. The third-order valence-corrected chi connectivity index (χ3v) is 3.17. The molecule has 1 atom stereocenters. The Morgan fingerprint density at radius 1 is 1.29 bits per heavy atom. The summed E-state index contributed by atoms with van der Waals surface area (Å²) in [4.78, 5) is 23.9. The van der Waals surface area contributed by atoms with Crippen LogP contribution in [0.25, 0.3) is 5.69 Å². The van der Waals surface area contributed by atoms with Gasteiger partial charge in [-0.25, -0.2) is 13.9 Å². The SMILES string of the molecule is CCC(F)Oc1ccccc1-n1cc(OC)c(=O)c(C(=O)OC)n1. The third kappa shape index (κ3) is 3.53. The Morgan fingerprint density at radius 3 is 2.62 bits per heavy atom. The molecule has 0 bridgehead atoms. The summed E-state index contributed by atoms with van der Waals surface area (Å²) < 4.78 is 29.6. The summed E-state index contributed by atoms with van der Waals surface area (Å²) in [5.74, 6) is -0.795. The molecule has 0 radical (unpaired) electrons. The maximum atomic E-state index is 13.6. The highest BCUT2D eigenvalue weighted by atomic mass is 19.1. The molecule has 0 aliphatic heterocycles. The van der Waals surface area contributed by atoms with Gasteiger partial charge < -0.3 is 14.2 Å². The fourth-order valence-electron chi connectivity index (χ4n) is 1.93. The van der Waals surface area contributed by atoms with Gasteiger partial charge in [-0.3, -0.25) is 4.79 Å². The molecule has 24 heavy (non-hydrogen) atoms. The molecule has 0 fully saturated rings. The van der Waals surface area contributed by atoms with Crippen LogP contribution in [0.3, 0.4) is 0 Å². The molecule has 7 nitrogen and oxygen atoms in total. The quantitative estimate of drug-likeness (QED) is 0.752. The number of methoxy groups -OCH3 is 2. The van der Waals surface area contributed by atoms with Crippen molar-refractivity contribution >= 4 is 5.97 Å². The number of halogens is 1. The maximum Gasteiger partial charge on any atom is 0.362 e. The average molecular weight is 336 g/mol. The highest BCUT2D eigenvalue weighted by molar-refractivity contribution is 5.87. The standard InChI is InChI=1S/C16H17FN2O5/c1-4-13(17)24-11-8-6-5-7-10(11)19-9-12(22-2)15(20)14(18-19)16(21)23-3/h5-9,13H,4H2,1-3H3. The number of rotatable bonds is 6. The van der Waals surface area contributed by atoms with E-state index in [0.29, 0.717) is 5.69 Å². The summed E-state index contributed by atoms with van der Waals surface area (Å²) in [7, 11) is 2.43. The van der Waals surface area contributed by atoms with E-state index in [-0.39, 0.29) is 17.9 Å². The second kappa shape index (κ2) is 7.58. The minimum Gasteiger partial charge on any atom is -0.491 e. The van der Waals surface area contributed by atoms with Crippen LogP contribution in [0.4, 0.5) is 4.39 Å². The number of carbonyl (C=O) groups excluding carboxylic acids is 1. The van der Waals surface area contributed by atoms with Crippen LogP contribution < -0.4 is 14.9 Å². The molecule has 0 spiro atoms. The number of benzene rings is 1. The van der Waals surface area contributed by atoms with Crippen molar-refractivity contribution in [1.82, 2.24) is 9.78 Å². The molecule has 1 aromatic carbocycles. The minimum atomic E-state index is -1.49. The predicted molar refractivity (Wildman–Crippen MR) is 83.5 cm³/mol. The highest BCUT2D eigenvalue weighted by Crippen LogP contribution is 2.24. The molecule has 2 rings (SSSR count). The van der Waals surface area contributed by atoms with Crippen molar-refractivity contribution < 1.29 is 23.4 Å². The van der Waals surface area contributed by atoms with Gasteiger partial charge in [-0.1, -0.05) is 19.1 Å². The van der Waals surface area contributed by atoms with Gasteiger partial charge in [0.05, 0.1) is 20.4 Å². The van der Waals surface area contributed by atoms with Gasteiger partial charge in [0.25, 0.3) is 5.43 Å². The first-order valence-corrected chi connectivity index (χ1v) is 7.18. The van der Waals surface area contributed by atoms with Crippen LogP contribution in [0.5, 0.6) is 11.5 Å². The number of nitrogens with zero attached hydrogens (tertiary/aromatic N) is 2. The van der Waals surface area contributed by atoms with Gasteiger partial charge in [0, 0.05) is 6.42 Å². The molecule has 0 N–H and O–H groups in total. The number of hydrogen-bond donors (Lipinski definition) is 0. The van der Waals surface area contributed by atoms with Crippen molar-refractivity contribution in [2.75, 3.05) is 14.2 Å². The van der Waals surface area contributed by atoms with Crippen LogP contribution >= 0.6 is 0 Å². The van der Waals surface area contributed by atoms with Gasteiger partial charge in [-0.15, -0.1) is 0 Å². The summed E-state index contributed by atoms with van der Waals surface area (Å²) >= 11 is 0. The van der Waals surface area contributed by atoms with Crippen LogP contribution in [0, 0.1) is 0 Å². The first-order chi connectivity index (χ1) is 11.5. The molecule has 128 valence electrons. The van der Waals surface area contributed by atoms with E-state index < -0.39 is 23.4 Å². The number of carbonyl (C=O) groups is 1. The smallest absolute Gasteiger partial charge is 0.362 e. The van der Waals surface area contributed by atoms with E-state index in [1.807, 2.05) is 0 Å². The second-order valence-corrected chi connectivity index (χ2v) is 4.72.